The van der Waals surface area contributed by atoms with Crippen LogP contribution >= 0.6 is 12.6 Å². The molecule has 2 rings (SSSR count). The minimum absolute atomic E-state index is 0.616. The summed E-state index contributed by atoms with van der Waals surface area (Å²) >= 11 is 4.07. The van der Waals surface area contributed by atoms with E-state index in [1.165, 1.54) is 0 Å². The first-order chi connectivity index (χ1) is 5.25. The zero-order valence-corrected chi connectivity index (χ0v) is 6.60. The molecular weight excluding hydrogens is 158 g/mol. The van der Waals surface area contributed by atoms with Crippen LogP contribution in [0.1, 0.15) is 0 Å². The lowest BCUT2D eigenvalue weighted by Crippen LogP contribution is -1.82. The third-order valence-electron chi connectivity index (χ3n) is 1.49. The van der Waals surface area contributed by atoms with Gasteiger partial charge in [0.1, 0.15) is 0 Å². The molecule has 0 aliphatic carbocycles. The highest BCUT2D eigenvalue weighted by atomic mass is 32.1. The number of aromatic amines is 1. The highest BCUT2D eigenvalue weighted by Crippen LogP contribution is 2.15. The normalized spacial score (nSPS) is 10.6. The SMILES string of the molecule is Nc1ccc2nc(S)[nH]c2c1. The number of nitrogens with zero attached hydrogens (tertiary/aromatic N) is 1. The van der Waals surface area contributed by atoms with Gasteiger partial charge >= 0.3 is 0 Å². The predicted molar refractivity (Wildman–Crippen MR) is 47.8 cm³/mol. The number of anilines is 1. The van der Waals surface area contributed by atoms with Gasteiger partial charge in [0.15, 0.2) is 5.16 Å². The van der Waals surface area contributed by atoms with E-state index in [4.69, 9.17) is 5.73 Å². The molecular formula is C7H7N3S. The molecule has 0 saturated carbocycles. The van der Waals surface area contributed by atoms with E-state index in [0.717, 1.165) is 16.7 Å². The Morgan fingerprint density at radius 2 is 2.27 bits per heavy atom. The first-order valence-corrected chi connectivity index (χ1v) is 3.64. The Morgan fingerprint density at radius 1 is 1.45 bits per heavy atom. The Bertz CT molecular complexity index is 393. The number of fused-ring (bicyclic) bond motifs is 1. The molecule has 0 amide bonds. The fraction of sp³-hybridized carbons (Fsp3) is 0. The molecule has 0 spiro atoms. The second kappa shape index (κ2) is 2.17. The minimum atomic E-state index is 0.616. The number of rotatable bonds is 0. The molecule has 0 bridgehead atoms. The van der Waals surface area contributed by atoms with Crippen LogP contribution in [0.3, 0.4) is 0 Å². The van der Waals surface area contributed by atoms with Crippen molar-refractivity contribution in [2.75, 3.05) is 5.73 Å². The summed E-state index contributed by atoms with van der Waals surface area (Å²) in [6, 6.07) is 5.51. The van der Waals surface area contributed by atoms with Crippen LogP contribution in [0.25, 0.3) is 11.0 Å². The van der Waals surface area contributed by atoms with E-state index >= 15 is 0 Å². The second-order valence-corrected chi connectivity index (χ2v) is 2.76. The Labute approximate surface area is 69.0 Å². The number of nitrogens with one attached hydrogen (secondary N) is 1. The van der Waals surface area contributed by atoms with Gasteiger partial charge in [-0.1, -0.05) is 0 Å². The molecule has 0 unspecified atom stereocenters. The van der Waals surface area contributed by atoms with Gasteiger partial charge in [0.25, 0.3) is 0 Å². The van der Waals surface area contributed by atoms with Crippen molar-refractivity contribution < 1.29 is 0 Å². The second-order valence-electron chi connectivity index (χ2n) is 2.34. The van der Waals surface area contributed by atoms with Crippen molar-refractivity contribution in [3.8, 4) is 0 Å². The highest BCUT2D eigenvalue weighted by molar-refractivity contribution is 7.80. The Hall–Kier alpha value is -1.16. The third kappa shape index (κ3) is 1.05. The number of thiol groups is 1. The number of nitrogens with two attached hydrogens (primary N) is 1. The number of nitrogen functional groups attached to an aromatic ring is 1. The fourth-order valence-electron chi connectivity index (χ4n) is 1.01. The predicted octanol–water partition coefficient (Wildman–Crippen LogP) is 1.43. The van der Waals surface area contributed by atoms with Crippen molar-refractivity contribution in [2.24, 2.45) is 0 Å². The molecule has 1 aromatic heterocycles. The summed E-state index contributed by atoms with van der Waals surface area (Å²) in [5.74, 6) is 0. The van der Waals surface area contributed by atoms with Crippen LogP contribution in [0.4, 0.5) is 5.69 Å². The summed E-state index contributed by atoms with van der Waals surface area (Å²) in [7, 11) is 0. The summed E-state index contributed by atoms with van der Waals surface area (Å²) in [6.07, 6.45) is 0. The Morgan fingerprint density at radius 3 is 3.09 bits per heavy atom. The minimum Gasteiger partial charge on any atom is -0.399 e. The first kappa shape index (κ1) is 6.54. The van der Waals surface area contributed by atoms with Gasteiger partial charge < -0.3 is 10.7 Å². The van der Waals surface area contributed by atoms with Crippen LogP contribution in [0.2, 0.25) is 0 Å². The number of hydrogen-bond acceptors (Lipinski definition) is 3. The van der Waals surface area contributed by atoms with Gasteiger partial charge in [-0.05, 0) is 18.2 Å². The number of imidazole rings is 1. The van der Waals surface area contributed by atoms with E-state index in [0.29, 0.717) is 5.16 Å². The number of benzene rings is 1. The quantitative estimate of drug-likeness (QED) is 0.408. The topological polar surface area (TPSA) is 54.7 Å². The van der Waals surface area contributed by atoms with Crippen LogP contribution in [-0.2, 0) is 0 Å². The average molecular weight is 165 g/mol. The zero-order valence-electron chi connectivity index (χ0n) is 5.70. The lowest BCUT2D eigenvalue weighted by atomic mass is 10.3. The lowest BCUT2D eigenvalue weighted by Gasteiger charge is -1.89. The van der Waals surface area contributed by atoms with Crippen LogP contribution in [0.5, 0.6) is 0 Å². The van der Waals surface area contributed by atoms with Gasteiger partial charge in [0.2, 0.25) is 0 Å². The van der Waals surface area contributed by atoms with Gasteiger partial charge in [-0.25, -0.2) is 4.98 Å². The van der Waals surface area contributed by atoms with Crippen LogP contribution in [0, 0.1) is 0 Å². The van der Waals surface area contributed by atoms with E-state index in [1.807, 2.05) is 18.2 Å². The van der Waals surface area contributed by atoms with Crippen LogP contribution in [-0.4, -0.2) is 9.97 Å². The number of H-pyrrole nitrogens is 1. The van der Waals surface area contributed by atoms with Gasteiger partial charge in [-0.15, -0.1) is 12.6 Å². The summed E-state index contributed by atoms with van der Waals surface area (Å²) in [5, 5.41) is 0.616. The number of hydrogen-bond donors (Lipinski definition) is 3. The summed E-state index contributed by atoms with van der Waals surface area (Å²) in [6.45, 7) is 0. The summed E-state index contributed by atoms with van der Waals surface area (Å²) in [4.78, 5) is 7.08. The van der Waals surface area contributed by atoms with Crippen molar-refractivity contribution in [1.29, 1.82) is 0 Å². The maximum Gasteiger partial charge on any atom is 0.163 e. The zero-order chi connectivity index (χ0) is 7.84. The molecule has 1 aromatic carbocycles. The molecule has 0 fully saturated rings. The standard InChI is InChI=1S/C7H7N3S/c8-4-1-2-5-6(3-4)10-7(11)9-5/h1-3H,8H2,(H2,9,10,11). The Kier molecular flexibility index (Phi) is 1.29. The van der Waals surface area contributed by atoms with Crippen molar-refractivity contribution in [1.82, 2.24) is 9.97 Å². The molecule has 1 heterocycles. The molecule has 0 aliphatic rings. The lowest BCUT2D eigenvalue weighted by molar-refractivity contribution is 1.09. The molecule has 0 atom stereocenters. The van der Waals surface area contributed by atoms with Gasteiger partial charge in [-0.2, -0.15) is 0 Å². The van der Waals surface area contributed by atoms with E-state index in [2.05, 4.69) is 22.6 Å². The van der Waals surface area contributed by atoms with E-state index in [-0.39, 0.29) is 0 Å². The monoisotopic (exact) mass is 165 g/mol. The van der Waals surface area contributed by atoms with Gasteiger partial charge in [0, 0.05) is 5.69 Å². The molecule has 3 nitrogen and oxygen atoms in total. The highest BCUT2D eigenvalue weighted by Gasteiger charge is 1.97. The molecule has 56 valence electrons. The average Bonchev–Trinajstić information content (AvgIpc) is 2.27. The van der Waals surface area contributed by atoms with E-state index in [1.54, 1.807) is 0 Å². The van der Waals surface area contributed by atoms with Crippen LogP contribution in [0.15, 0.2) is 23.4 Å². The summed E-state index contributed by atoms with van der Waals surface area (Å²) in [5.41, 5.74) is 8.11. The van der Waals surface area contributed by atoms with Crippen molar-refractivity contribution in [3.63, 3.8) is 0 Å². The fourth-order valence-corrected chi connectivity index (χ4v) is 1.24. The summed E-state index contributed by atoms with van der Waals surface area (Å²) < 4.78 is 0. The smallest absolute Gasteiger partial charge is 0.163 e. The first-order valence-electron chi connectivity index (χ1n) is 3.20. The van der Waals surface area contributed by atoms with Crippen molar-refractivity contribution in [2.45, 2.75) is 5.16 Å². The maximum absolute atomic E-state index is 5.56. The van der Waals surface area contributed by atoms with E-state index < -0.39 is 0 Å². The van der Waals surface area contributed by atoms with Gasteiger partial charge in [0.05, 0.1) is 11.0 Å². The molecule has 2 aromatic rings. The molecule has 0 saturated heterocycles. The number of aromatic nitrogens is 2. The molecule has 11 heavy (non-hydrogen) atoms. The molecule has 0 aliphatic heterocycles. The van der Waals surface area contributed by atoms with E-state index in [9.17, 15) is 0 Å². The van der Waals surface area contributed by atoms with Crippen molar-refractivity contribution in [3.05, 3.63) is 18.2 Å². The largest absolute Gasteiger partial charge is 0.399 e. The maximum atomic E-state index is 5.56. The molecule has 3 N–H and O–H groups in total. The van der Waals surface area contributed by atoms with Gasteiger partial charge in [-0.3, -0.25) is 0 Å². The molecule has 0 radical (unpaired) electrons. The van der Waals surface area contributed by atoms with Crippen molar-refractivity contribution >= 4 is 29.3 Å². The third-order valence-corrected chi connectivity index (χ3v) is 1.71. The molecule has 4 heteroatoms. The van der Waals surface area contributed by atoms with Crippen LogP contribution < -0.4 is 5.73 Å². The Balaban J connectivity index is 2.82.